The minimum absolute atomic E-state index is 0.103. The first-order valence-corrected chi connectivity index (χ1v) is 10.4. The zero-order valence-electron chi connectivity index (χ0n) is 15.9. The zero-order valence-corrected chi connectivity index (χ0v) is 16.7. The van der Waals surface area contributed by atoms with Gasteiger partial charge in [-0.1, -0.05) is 0 Å². The highest BCUT2D eigenvalue weighted by atomic mass is 32.1. The molecule has 1 N–H and O–H groups in total. The number of rotatable bonds is 3. The number of aryl methyl sites for hydroxylation is 3. The first-order valence-electron chi connectivity index (χ1n) is 9.55. The molecule has 0 unspecified atom stereocenters. The lowest BCUT2D eigenvalue weighted by Crippen LogP contribution is -2.60. The molecule has 3 aromatic heterocycles. The van der Waals surface area contributed by atoms with Crippen LogP contribution in [-0.2, 0) is 12.8 Å². The van der Waals surface area contributed by atoms with Gasteiger partial charge in [-0.25, -0.2) is 9.78 Å². The molecule has 9 nitrogen and oxygen atoms in total. The Balaban J connectivity index is 1.21. The van der Waals surface area contributed by atoms with E-state index in [4.69, 9.17) is 0 Å². The molecule has 4 heterocycles. The predicted molar refractivity (Wildman–Crippen MR) is 107 cm³/mol. The van der Waals surface area contributed by atoms with E-state index in [1.54, 1.807) is 20.8 Å². The van der Waals surface area contributed by atoms with Crippen LogP contribution in [0, 0.1) is 6.92 Å². The molecular weight excluding hydrogens is 376 g/mol. The van der Waals surface area contributed by atoms with Crippen molar-refractivity contribution in [3.05, 3.63) is 28.5 Å². The third-order valence-electron chi connectivity index (χ3n) is 5.52. The molecule has 5 rings (SSSR count). The van der Waals surface area contributed by atoms with Crippen LogP contribution in [0.2, 0.25) is 0 Å². The summed E-state index contributed by atoms with van der Waals surface area (Å²) in [6.45, 7) is 3.38. The van der Waals surface area contributed by atoms with Crippen molar-refractivity contribution in [2.24, 2.45) is 0 Å². The lowest BCUT2D eigenvalue weighted by atomic mass is 10.0. The number of anilines is 2. The number of carbonyl (C=O) groups excluding carboxylic acids is 1. The molecule has 0 spiro atoms. The average molecular weight is 398 g/mol. The van der Waals surface area contributed by atoms with Gasteiger partial charge in [-0.05, 0) is 44.7 Å². The van der Waals surface area contributed by atoms with Crippen LogP contribution >= 0.6 is 11.3 Å². The molecule has 2 amide bonds. The van der Waals surface area contributed by atoms with Gasteiger partial charge in [0.05, 0.1) is 11.7 Å². The minimum atomic E-state index is -0.103. The second-order valence-electron chi connectivity index (χ2n) is 7.40. The van der Waals surface area contributed by atoms with Gasteiger partial charge in [0.1, 0.15) is 5.82 Å². The van der Waals surface area contributed by atoms with Gasteiger partial charge in [0.2, 0.25) is 0 Å². The number of likely N-dealkylation sites (N-methyl/N-ethyl adjacent to an activating group) is 1. The van der Waals surface area contributed by atoms with Crippen molar-refractivity contribution >= 4 is 34.0 Å². The summed E-state index contributed by atoms with van der Waals surface area (Å²) in [6.07, 6.45) is 4.52. The number of hydrogen-bond acceptors (Lipinski definition) is 7. The monoisotopic (exact) mass is 398 g/mol. The van der Waals surface area contributed by atoms with Crippen molar-refractivity contribution < 1.29 is 4.79 Å². The Morgan fingerprint density at radius 1 is 1.25 bits per heavy atom. The second kappa shape index (κ2) is 6.69. The molecule has 1 fully saturated rings. The van der Waals surface area contributed by atoms with Crippen molar-refractivity contribution in [1.82, 2.24) is 29.7 Å². The number of nitrogens with one attached hydrogen (secondary N) is 1. The SMILES string of the molecule is Cc1nnc2ccc(N3CC(N(C)C(=O)Nc4nc5c(s4)CCCC5)C3)nn12. The first kappa shape index (κ1) is 17.4. The first-order chi connectivity index (χ1) is 13.6. The van der Waals surface area contributed by atoms with Crippen LogP contribution in [-0.4, -0.2) is 61.9 Å². The number of amides is 2. The van der Waals surface area contributed by atoms with E-state index in [1.165, 1.54) is 17.7 Å². The maximum Gasteiger partial charge on any atom is 0.323 e. The Morgan fingerprint density at radius 2 is 2.07 bits per heavy atom. The quantitative estimate of drug-likeness (QED) is 0.727. The van der Waals surface area contributed by atoms with Crippen LogP contribution in [0.5, 0.6) is 0 Å². The number of aromatic nitrogens is 5. The molecule has 1 aliphatic carbocycles. The number of fused-ring (bicyclic) bond motifs is 2. The lowest BCUT2D eigenvalue weighted by Gasteiger charge is -2.44. The highest BCUT2D eigenvalue weighted by molar-refractivity contribution is 7.15. The second-order valence-corrected chi connectivity index (χ2v) is 8.49. The molecule has 2 aliphatic rings. The number of hydrogen-bond donors (Lipinski definition) is 1. The molecule has 0 aromatic carbocycles. The number of thiazole rings is 1. The predicted octanol–water partition coefficient (Wildman–Crippen LogP) is 2.12. The van der Waals surface area contributed by atoms with Crippen LogP contribution in [0.1, 0.15) is 29.2 Å². The molecule has 10 heteroatoms. The van der Waals surface area contributed by atoms with Crippen LogP contribution < -0.4 is 10.2 Å². The molecule has 0 radical (unpaired) electrons. The van der Waals surface area contributed by atoms with E-state index in [9.17, 15) is 4.79 Å². The Morgan fingerprint density at radius 3 is 2.89 bits per heavy atom. The van der Waals surface area contributed by atoms with Crippen molar-refractivity contribution in [3.8, 4) is 0 Å². The smallest absolute Gasteiger partial charge is 0.323 e. The number of urea groups is 1. The summed E-state index contributed by atoms with van der Waals surface area (Å²) in [4.78, 5) is 22.4. The fraction of sp³-hybridized carbons (Fsp3) is 0.500. The maximum atomic E-state index is 12.6. The Bertz CT molecular complexity index is 1010. The van der Waals surface area contributed by atoms with E-state index in [-0.39, 0.29) is 12.1 Å². The topological polar surface area (TPSA) is 91.5 Å². The van der Waals surface area contributed by atoms with Crippen LogP contribution in [0.25, 0.3) is 5.65 Å². The molecule has 3 aromatic rings. The molecule has 28 heavy (non-hydrogen) atoms. The standard InChI is InChI=1S/C18H22N8OS/c1-11-21-22-15-7-8-16(23-26(11)15)25-9-12(10-25)24(2)18(27)20-17-19-13-5-3-4-6-14(13)28-17/h7-8,12H,3-6,9-10H2,1-2H3,(H,19,20,27). The summed E-state index contributed by atoms with van der Waals surface area (Å²) >= 11 is 1.61. The fourth-order valence-electron chi connectivity index (χ4n) is 3.69. The summed E-state index contributed by atoms with van der Waals surface area (Å²) in [6, 6.07) is 3.90. The summed E-state index contributed by atoms with van der Waals surface area (Å²) in [7, 11) is 1.84. The van der Waals surface area contributed by atoms with Gasteiger partial charge in [0, 0.05) is 25.0 Å². The summed E-state index contributed by atoms with van der Waals surface area (Å²) in [5.41, 5.74) is 1.90. The maximum absolute atomic E-state index is 12.6. The molecule has 1 saturated heterocycles. The van der Waals surface area contributed by atoms with Gasteiger partial charge >= 0.3 is 6.03 Å². The van der Waals surface area contributed by atoms with E-state index in [1.807, 2.05) is 26.1 Å². The zero-order chi connectivity index (χ0) is 19.3. The Hall–Kier alpha value is -2.75. The van der Waals surface area contributed by atoms with Crippen molar-refractivity contribution in [1.29, 1.82) is 0 Å². The third-order valence-corrected chi connectivity index (χ3v) is 6.59. The summed E-state index contributed by atoms with van der Waals surface area (Å²) in [5.74, 6) is 1.63. The van der Waals surface area contributed by atoms with E-state index in [2.05, 4.69) is 30.5 Å². The molecule has 0 saturated carbocycles. The third kappa shape index (κ3) is 2.97. The minimum Gasteiger partial charge on any atom is -0.351 e. The van der Waals surface area contributed by atoms with Crippen LogP contribution in [0.3, 0.4) is 0 Å². The summed E-state index contributed by atoms with van der Waals surface area (Å²) in [5, 5.41) is 16.4. The molecule has 0 bridgehead atoms. The summed E-state index contributed by atoms with van der Waals surface area (Å²) < 4.78 is 1.74. The number of carbonyl (C=O) groups is 1. The van der Waals surface area contributed by atoms with E-state index in [0.717, 1.165) is 54.0 Å². The van der Waals surface area contributed by atoms with Crippen LogP contribution in [0.15, 0.2) is 12.1 Å². The molecule has 146 valence electrons. The van der Waals surface area contributed by atoms with E-state index >= 15 is 0 Å². The molecular formula is C18H22N8OS. The van der Waals surface area contributed by atoms with E-state index in [0.29, 0.717) is 0 Å². The normalized spacial score (nSPS) is 16.7. The number of nitrogens with zero attached hydrogens (tertiary/aromatic N) is 7. The van der Waals surface area contributed by atoms with Gasteiger partial charge in [-0.15, -0.1) is 26.6 Å². The van der Waals surface area contributed by atoms with Gasteiger partial charge in [0.25, 0.3) is 0 Å². The van der Waals surface area contributed by atoms with Crippen molar-refractivity contribution in [2.45, 2.75) is 38.6 Å². The molecule has 0 atom stereocenters. The van der Waals surface area contributed by atoms with Crippen molar-refractivity contribution in [2.75, 3.05) is 30.4 Å². The van der Waals surface area contributed by atoms with Crippen LogP contribution in [0.4, 0.5) is 15.7 Å². The highest BCUT2D eigenvalue weighted by Gasteiger charge is 2.34. The highest BCUT2D eigenvalue weighted by Crippen LogP contribution is 2.30. The van der Waals surface area contributed by atoms with Crippen molar-refractivity contribution in [3.63, 3.8) is 0 Å². The van der Waals surface area contributed by atoms with Gasteiger partial charge in [-0.2, -0.15) is 4.52 Å². The van der Waals surface area contributed by atoms with Gasteiger partial charge < -0.3 is 9.80 Å². The Kier molecular flexibility index (Phi) is 4.15. The lowest BCUT2D eigenvalue weighted by molar-refractivity contribution is 0.191. The largest absolute Gasteiger partial charge is 0.351 e. The fourth-order valence-corrected chi connectivity index (χ4v) is 4.73. The van der Waals surface area contributed by atoms with E-state index < -0.39 is 0 Å². The molecule has 1 aliphatic heterocycles. The van der Waals surface area contributed by atoms with Gasteiger partial charge in [-0.3, -0.25) is 5.32 Å². The Labute approximate surface area is 166 Å². The average Bonchev–Trinajstić information content (AvgIpc) is 3.23. The van der Waals surface area contributed by atoms with Gasteiger partial charge in [0.15, 0.2) is 16.6 Å².